The number of anilines is 2. The molecule has 0 bridgehead atoms. The first-order valence-electron chi connectivity index (χ1n) is 13.7. The first-order chi connectivity index (χ1) is 20.5. The van der Waals surface area contributed by atoms with Gasteiger partial charge in [-0.25, -0.2) is 18.4 Å². The van der Waals surface area contributed by atoms with Gasteiger partial charge in [-0.3, -0.25) is 14.5 Å². The van der Waals surface area contributed by atoms with Gasteiger partial charge in [0.15, 0.2) is 23.1 Å². The summed E-state index contributed by atoms with van der Waals surface area (Å²) in [7, 11) is 0. The van der Waals surface area contributed by atoms with Gasteiger partial charge in [0, 0.05) is 32.2 Å². The van der Waals surface area contributed by atoms with E-state index in [1.807, 2.05) is 0 Å². The molecule has 3 aliphatic rings. The van der Waals surface area contributed by atoms with Crippen molar-refractivity contribution in [2.75, 3.05) is 42.6 Å². The average molecular weight is 599 g/mol. The monoisotopic (exact) mass is 598 g/mol. The van der Waals surface area contributed by atoms with Crippen LogP contribution in [0.3, 0.4) is 0 Å². The van der Waals surface area contributed by atoms with Crippen LogP contribution in [0.1, 0.15) is 36.7 Å². The number of hydrogen-bond donors (Lipinski definition) is 2. The number of ether oxygens (including phenoxy) is 3. The van der Waals surface area contributed by atoms with Gasteiger partial charge in [-0.05, 0) is 25.1 Å². The van der Waals surface area contributed by atoms with E-state index < -0.39 is 46.9 Å². The number of benzene rings is 2. The Labute approximate surface area is 243 Å². The van der Waals surface area contributed by atoms with Gasteiger partial charge in [0.2, 0.25) is 11.3 Å². The van der Waals surface area contributed by atoms with Gasteiger partial charge < -0.3 is 34.1 Å². The normalized spacial score (nSPS) is 21.1. The van der Waals surface area contributed by atoms with Gasteiger partial charge in [-0.2, -0.15) is 0 Å². The summed E-state index contributed by atoms with van der Waals surface area (Å²) in [6, 6.07) is 4.85. The van der Waals surface area contributed by atoms with Crippen LogP contribution >= 0.6 is 0 Å². The highest BCUT2D eigenvalue weighted by molar-refractivity contribution is 5.97. The van der Waals surface area contributed by atoms with Crippen LogP contribution in [0.15, 0.2) is 35.3 Å². The summed E-state index contributed by atoms with van der Waals surface area (Å²) in [5.74, 6) is -2.99. The molecule has 226 valence electrons. The largest absolute Gasteiger partial charge is 0.487 e. The number of aromatic nitrogens is 1. The lowest BCUT2D eigenvalue weighted by molar-refractivity contribution is -0.119. The molecule has 2 saturated heterocycles. The Morgan fingerprint density at radius 3 is 2.67 bits per heavy atom. The zero-order chi connectivity index (χ0) is 30.6. The number of carboxylic acid groups (broad SMARTS) is 1. The Morgan fingerprint density at radius 1 is 1.16 bits per heavy atom. The Hall–Kier alpha value is -4.88. The van der Waals surface area contributed by atoms with Crippen molar-refractivity contribution in [2.45, 2.75) is 38.5 Å². The van der Waals surface area contributed by atoms with Crippen LogP contribution in [0, 0.1) is 11.6 Å². The molecule has 43 heavy (non-hydrogen) atoms. The molecule has 2 N–H and O–H groups in total. The van der Waals surface area contributed by atoms with Gasteiger partial charge in [0.1, 0.15) is 30.1 Å². The lowest BCUT2D eigenvalue weighted by atomic mass is 10.1. The maximum absolute atomic E-state index is 15.6. The number of carboxylic acids is 1. The summed E-state index contributed by atoms with van der Waals surface area (Å²) in [6.07, 6.45) is -0.0407. The summed E-state index contributed by atoms with van der Waals surface area (Å²) >= 11 is 0. The first kappa shape index (κ1) is 28.2. The minimum Gasteiger partial charge on any atom is -0.487 e. The van der Waals surface area contributed by atoms with Crippen LogP contribution in [0.2, 0.25) is 0 Å². The van der Waals surface area contributed by atoms with Crippen LogP contribution in [-0.2, 0) is 9.53 Å². The van der Waals surface area contributed by atoms with Crippen LogP contribution in [0.5, 0.6) is 11.5 Å². The number of pyridine rings is 1. The molecule has 0 spiro atoms. The van der Waals surface area contributed by atoms with Gasteiger partial charge in [0.05, 0.1) is 42.3 Å². The van der Waals surface area contributed by atoms with Crippen molar-refractivity contribution in [3.63, 3.8) is 0 Å². The van der Waals surface area contributed by atoms with Gasteiger partial charge in [0.25, 0.3) is 0 Å². The van der Waals surface area contributed by atoms with Crippen molar-refractivity contribution in [1.82, 2.24) is 9.88 Å². The molecule has 4 heterocycles. The summed E-state index contributed by atoms with van der Waals surface area (Å²) < 4.78 is 49.4. The fourth-order valence-corrected chi connectivity index (χ4v) is 5.72. The number of halogens is 2. The molecule has 0 radical (unpaired) electrons. The number of nitrogens with zero attached hydrogens (tertiary/aromatic N) is 3. The van der Waals surface area contributed by atoms with Crippen LogP contribution in [0.25, 0.3) is 10.9 Å². The maximum Gasteiger partial charge on any atom is 0.414 e. The average Bonchev–Trinajstić information content (AvgIpc) is 3.57. The van der Waals surface area contributed by atoms with Crippen molar-refractivity contribution >= 4 is 40.2 Å². The minimum absolute atomic E-state index is 0.0432. The maximum atomic E-state index is 15.6. The highest BCUT2D eigenvalue weighted by Gasteiger charge is 2.35. The van der Waals surface area contributed by atoms with E-state index in [0.29, 0.717) is 18.5 Å². The molecular formula is C29H28F2N4O8. The topological polar surface area (TPSA) is 140 Å². The standard InChI is InChI=1S/C29H28F2N4O8/c1-14-13-41-27-24-19(26(37)20(28(38)39)12-34(14)24)8-22(31)25(27)33-6-5-17(10-33)42-23-4-3-16(7-21(23)30)35-11-18(43-29(35)40)9-32-15(2)36/h3-4,7-8,12,14,17-18H,5-6,9-11,13H2,1-2H3,(H,32,36)(H,38,39). The number of rotatable bonds is 7. The molecule has 0 saturated carbocycles. The van der Waals surface area contributed by atoms with Gasteiger partial charge in [-0.1, -0.05) is 0 Å². The van der Waals surface area contributed by atoms with Gasteiger partial charge in [-0.15, -0.1) is 0 Å². The number of cyclic esters (lactones) is 1. The molecule has 3 atom stereocenters. The SMILES string of the molecule is CC(=O)NCC1CN(c2ccc(OC3CCN(c4c(F)cc5c(=O)c(C(=O)O)cn6c5c4OCC6C)C3)c(F)c2)C(=O)O1. The predicted molar refractivity (Wildman–Crippen MR) is 149 cm³/mol. The highest BCUT2D eigenvalue weighted by atomic mass is 19.1. The van der Waals surface area contributed by atoms with E-state index in [1.54, 1.807) is 16.4 Å². The summed E-state index contributed by atoms with van der Waals surface area (Å²) in [5.41, 5.74) is -0.535. The first-order valence-corrected chi connectivity index (χ1v) is 13.7. The molecule has 3 unspecified atom stereocenters. The Balaban J connectivity index is 1.21. The molecule has 0 aliphatic carbocycles. The van der Waals surface area contributed by atoms with Crippen molar-refractivity contribution in [3.05, 3.63) is 57.9 Å². The molecule has 2 amide bonds. The Morgan fingerprint density at radius 2 is 1.95 bits per heavy atom. The summed E-state index contributed by atoms with van der Waals surface area (Å²) in [5, 5.41) is 12.0. The van der Waals surface area contributed by atoms with Gasteiger partial charge >= 0.3 is 12.1 Å². The number of carbonyl (C=O) groups excluding carboxylic acids is 2. The molecule has 12 nitrogen and oxygen atoms in total. The molecule has 3 aliphatic heterocycles. The number of amides is 2. The third kappa shape index (κ3) is 5.06. The molecule has 2 aromatic carbocycles. The van der Waals surface area contributed by atoms with Crippen LogP contribution in [0.4, 0.5) is 25.0 Å². The molecular weight excluding hydrogens is 570 g/mol. The summed E-state index contributed by atoms with van der Waals surface area (Å²) in [4.78, 5) is 50.9. The minimum atomic E-state index is -1.40. The van der Waals surface area contributed by atoms with Crippen LogP contribution in [-0.4, -0.2) is 72.6 Å². The number of nitrogens with one attached hydrogen (secondary N) is 1. The van der Waals surface area contributed by atoms with E-state index in [9.17, 15) is 24.3 Å². The fourth-order valence-electron chi connectivity index (χ4n) is 5.72. The van der Waals surface area contributed by atoms with E-state index >= 15 is 8.78 Å². The van der Waals surface area contributed by atoms with Crippen molar-refractivity contribution in [1.29, 1.82) is 0 Å². The molecule has 2 fully saturated rings. The fraction of sp³-hybridized carbons (Fsp3) is 0.379. The van der Waals surface area contributed by atoms with Crippen LogP contribution < -0.4 is 30.0 Å². The van der Waals surface area contributed by atoms with Crippen molar-refractivity contribution in [2.24, 2.45) is 0 Å². The third-order valence-electron chi connectivity index (χ3n) is 7.81. The van der Waals surface area contributed by atoms with E-state index in [-0.39, 0.29) is 66.5 Å². The number of hydrogen-bond acceptors (Lipinski definition) is 8. The molecule has 1 aromatic heterocycles. The lowest BCUT2D eigenvalue weighted by Gasteiger charge is -2.31. The quantitative estimate of drug-likeness (QED) is 0.420. The van der Waals surface area contributed by atoms with E-state index in [1.165, 1.54) is 30.2 Å². The number of carbonyl (C=O) groups is 3. The smallest absolute Gasteiger partial charge is 0.414 e. The lowest BCUT2D eigenvalue weighted by Crippen LogP contribution is -2.33. The second-order valence-corrected chi connectivity index (χ2v) is 10.8. The second kappa shape index (κ2) is 10.7. The second-order valence-electron chi connectivity index (χ2n) is 10.8. The Bertz CT molecular complexity index is 1730. The third-order valence-corrected chi connectivity index (χ3v) is 7.81. The van der Waals surface area contributed by atoms with Crippen molar-refractivity contribution in [3.8, 4) is 11.5 Å². The van der Waals surface area contributed by atoms with Crippen molar-refractivity contribution < 1.29 is 42.5 Å². The zero-order valence-electron chi connectivity index (χ0n) is 23.3. The van der Waals surface area contributed by atoms with E-state index in [4.69, 9.17) is 14.2 Å². The molecule has 6 rings (SSSR count). The van der Waals surface area contributed by atoms with E-state index in [2.05, 4.69) is 5.32 Å². The molecule has 14 heteroatoms. The Kier molecular flexibility index (Phi) is 7.06. The van der Waals surface area contributed by atoms with E-state index in [0.717, 1.165) is 12.1 Å². The number of aromatic carboxylic acids is 1. The zero-order valence-corrected chi connectivity index (χ0v) is 23.3. The summed E-state index contributed by atoms with van der Waals surface area (Å²) in [6.45, 7) is 4.13. The highest BCUT2D eigenvalue weighted by Crippen LogP contribution is 2.43. The molecule has 3 aromatic rings. The predicted octanol–water partition coefficient (Wildman–Crippen LogP) is 3.05.